The molecule has 0 aliphatic rings. The Kier molecular flexibility index (Phi) is 4.73. The maximum Gasteiger partial charge on any atom is 0.256 e. The number of aromatic nitrogens is 1. The minimum atomic E-state index is -0.209. The molecule has 30 heavy (non-hydrogen) atoms. The van der Waals surface area contributed by atoms with Gasteiger partial charge in [0, 0.05) is 15.7 Å². The molecule has 4 aromatic carbocycles. The van der Waals surface area contributed by atoms with Gasteiger partial charge in [-0.1, -0.05) is 52.3 Å². The molecule has 0 fully saturated rings. The molecule has 0 spiro atoms. The summed E-state index contributed by atoms with van der Waals surface area (Å²) in [6.07, 6.45) is 0. The van der Waals surface area contributed by atoms with Crippen LogP contribution in [0.25, 0.3) is 31.6 Å². The van der Waals surface area contributed by atoms with Crippen molar-refractivity contribution in [1.29, 1.82) is 0 Å². The number of aromatic hydroxyl groups is 1. The topological polar surface area (TPSA) is 62.2 Å². The van der Waals surface area contributed by atoms with Crippen molar-refractivity contribution >= 4 is 59.9 Å². The molecule has 6 heteroatoms. The quantitative estimate of drug-likeness (QED) is 0.281. The fourth-order valence-corrected chi connectivity index (χ4v) is 4.93. The van der Waals surface area contributed by atoms with E-state index in [1.54, 1.807) is 24.3 Å². The number of phenolic OH excluding ortho intramolecular Hbond substituents is 1. The van der Waals surface area contributed by atoms with Gasteiger partial charge in [0.1, 0.15) is 10.8 Å². The van der Waals surface area contributed by atoms with Crippen LogP contribution < -0.4 is 5.32 Å². The van der Waals surface area contributed by atoms with Gasteiger partial charge in [0.15, 0.2) is 0 Å². The highest BCUT2D eigenvalue weighted by atomic mass is 79.9. The van der Waals surface area contributed by atoms with Gasteiger partial charge >= 0.3 is 0 Å². The van der Waals surface area contributed by atoms with Crippen LogP contribution in [0.4, 0.5) is 5.69 Å². The van der Waals surface area contributed by atoms with Crippen molar-refractivity contribution in [2.75, 3.05) is 5.32 Å². The average molecular weight is 475 g/mol. The van der Waals surface area contributed by atoms with E-state index in [1.807, 2.05) is 54.6 Å². The maximum atomic E-state index is 13.0. The summed E-state index contributed by atoms with van der Waals surface area (Å²) in [4.78, 5) is 17.6. The van der Waals surface area contributed by atoms with Crippen LogP contribution in [0, 0.1) is 0 Å². The molecule has 0 radical (unpaired) electrons. The van der Waals surface area contributed by atoms with E-state index in [9.17, 15) is 9.90 Å². The van der Waals surface area contributed by atoms with Crippen molar-refractivity contribution in [1.82, 2.24) is 4.98 Å². The van der Waals surface area contributed by atoms with Gasteiger partial charge in [0.05, 0.1) is 15.8 Å². The molecule has 0 saturated heterocycles. The third-order valence-electron chi connectivity index (χ3n) is 4.89. The molecule has 0 aliphatic carbocycles. The Bertz CT molecular complexity index is 1390. The van der Waals surface area contributed by atoms with Gasteiger partial charge in [0.25, 0.3) is 5.91 Å². The van der Waals surface area contributed by atoms with E-state index < -0.39 is 0 Å². The highest BCUT2D eigenvalue weighted by Crippen LogP contribution is 2.37. The number of carbonyl (C=O) groups excluding carboxylic acids is 1. The summed E-state index contributed by atoms with van der Waals surface area (Å²) in [6, 6.07) is 24.3. The number of halogens is 1. The second-order valence-electron chi connectivity index (χ2n) is 6.81. The monoisotopic (exact) mass is 474 g/mol. The van der Waals surface area contributed by atoms with E-state index in [-0.39, 0.29) is 11.7 Å². The summed E-state index contributed by atoms with van der Waals surface area (Å²) in [7, 11) is 0. The Hall–Kier alpha value is -3.22. The lowest BCUT2D eigenvalue weighted by Crippen LogP contribution is -2.12. The van der Waals surface area contributed by atoms with Crippen molar-refractivity contribution in [3.8, 4) is 16.3 Å². The largest absolute Gasteiger partial charge is 0.507 e. The van der Waals surface area contributed by atoms with Crippen LogP contribution in [0.2, 0.25) is 0 Å². The molecule has 0 saturated carbocycles. The number of phenols is 1. The van der Waals surface area contributed by atoms with Gasteiger partial charge in [-0.05, 0) is 53.2 Å². The van der Waals surface area contributed by atoms with Gasteiger partial charge in [-0.25, -0.2) is 4.98 Å². The van der Waals surface area contributed by atoms with Crippen LogP contribution in [0.15, 0.2) is 83.3 Å². The molecule has 0 atom stereocenters. The zero-order valence-electron chi connectivity index (χ0n) is 15.6. The number of nitrogens with zero attached hydrogens (tertiary/aromatic N) is 1. The molecule has 5 rings (SSSR count). The molecular formula is C24H15BrN2O2S. The molecule has 1 amide bonds. The molecule has 0 aliphatic heterocycles. The Labute approximate surface area is 185 Å². The van der Waals surface area contributed by atoms with Gasteiger partial charge in [-0.3, -0.25) is 4.79 Å². The maximum absolute atomic E-state index is 13.0. The summed E-state index contributed by atoms with van der Waals surface area (Å²) in [5.41, 5.74) is 2.66. The number of hydrogen-bond acceptors (Lipinski definition) is 4. The summed E-state index contributed by atoms with van der Waals surface area (Å²) in [6.45, 7) is 0. The van der Waals surface area contributed by atoms with Crippen molar-refractivity contribution < 1.29 is 9.90 Å². The van der Waals surface area contributed by atoms with Crippen LogP contribution in [-0.4, -0.2) is 16.0 Å². The van der Waals surface area contributed by atoms with E-state index in [1.165, 1.54) is 11.3 Å². The van der Waals surface area contributed by atoms with Crippen molar-refractivity contribution in [2.45, 2.75) is 0 Å². The normalized spacial score (nSPS) is 11.1. The van der Waals surface area contributed by atoms with Crippen LogP contribution >= 0.6 is 27.3 Å². The Morgan fingerprint density at radius 3 is 2.60 bits per heavy atom. The van der Waals surface area contributed by atoms with Gasteiger partial charge in [-0.15, -0.1) is 11.3 Å². The van der Waals surface area contributed by atoms with Gasteiger partial charge in [-0.2, -0.15) is 0 Å². The smallest absolute Gasteiger partial charge is 0.256 e. The number of rotatable bonds is 3. The number of benzene rings is 4. The van der Waals surface area contributed by atoms with Crippen LogP contribution in [0.3, 0.4) is 0 Å². The van der Waals surface area contributed by atoms with Crippen LogP contribution in [0.1, 0.15) is 10.4 Å². The lowest BCUT2D eigenvalue weighted by Gasteiger charge is -2.10. The highest BCUT2D eigenvalue weighted by molar-refractivity contribution is 9.10. The Morgan fingerprint density at radius 1 is 0.933 bits per heavy atom. The number of anilines is 1. The molecule has 5 aromatic rings. The predicted octanol–water partition coefficient (Wildman–Crippen LogP) is 6.84. The number of amides is 1. The van der Waals surface area contributed by atoms with Crippen molar-refractivity contribution in [2.24, 2.45) is 0 Å². The first kappa shape index (κ1) is 18.8. The molecular weight excluding hydrogens is 460 g/mol. The second-order valence-corrected chi connectivity index (χ2v) is 8.70. The minimum Gasteiger partial charge on any atom is -0.507 e. The van der Waals surface area contributed by atoms with Crippen molar-refractivity contribution in [3.05, 3.63) is 88.9 Å². The van der Waals surface area contributed by atoms with Gasteiger partial charge < -0.3 is 10.4 Å². The van der Waals surface area contributed by atoms with Gasteiger partial charge in [0.2, 0.25) is 0 Å². The molecule has 4 nitrogen and oxygen atoms in total. The first-order valence-corrected chi connectivity index (χ1v) is 10.9. The fourth-order valence-electron chi connectivity index (χ4n) is 3.44. The summed E-state index contributed by atoms with van der Waals surface area (Å²) in [5.74, 6) is -0.0826. The van der Waals surface area contributed by atoms with E-state index >= 15 is 0 Å². The number of para-hydroxylation sites is 1. The standard InChI is InChI=1S/C24H15BrN2O2S/c25-19-8-4-5-15-16(19)6-3-7-17(15)23(29)26-14-11-12-21(28)18(13-14)24-27-20-9-1-2-10-22(20)30-24/h1-13,28H,(H,26,29). The minimum absolute atomic E-state index is 0.126. The Balaban J connectivity index is 1.51. The lowest BCUT2D eigenvalue weighted by atomic mass is 10.0. The number of thiazole rings is 1. The first-order chi connectivity index (χ1) is 14.6. The van der Waals surface area contributed by atoms with Crippen LogP contribution in [-0.2, 0) is 0 Å². The zero-order chi connectivity index (χ0) is 20.7. The number of nitrogens with one attached hydrogen (secondary N) is 1. The molecule has 2 N–H and O–H groups in total. The fraction of sp³-hybridized carbons (Fsp3) is 0. The van der Waals surface area contributed by atoms with Crippen molar-refractivity contribution in [3.63, 3.8) is 0 Å². The lowest BCUT2D eigenvalue weighted by molar-refractivity contribution is 0.102. The summed E-state index contributed by atoms with van der Waals surface area (Å²) >= 11 is 5.04. The summed E-state index contributed by atoms with van der Waals surface area (Å²) < 4.78 is 1.99. The molecule has 0 bridgehead atoms. The average Bonchev–Trinajstić information content (AvgIpc) is 3.19. The Morgan fingerprint density at radius 2 is 1.73 bits per heavy atom. The number of hydrogen-bond donors (Lipinski definition) is 2. The molecule has 146 valence electrons. The highest BCUT2D eigenvalue weighted by Gasteiger charge is 2.15. The molecule has 1 aromatic heterocycles. The third-order valence-corrected chi connectivity index (χ3v) is 6.65. The SMILES string of the molecule is O=C(Nc1ccc(O)c(-c2nc3ccccc3s2)c1)c1cccc2c(Br)cccc12. The molecule has 0 unspecified atom stereocenters. The van der Waals surface area contributed by atoms with E-state index in [0.29, 0.717) is 21.8 Å². The van der Waals surface area contributed by atoms with E-state index in [2.05, 4.69) is 26.2 Å². The second kappa shape index (κ2) is 7.55. The number of fused-ring (bicyclic) bond motifs is 2. The van der Waals surface area contributed by atoms with Crippen LogP contribution in [0.5, 0.6) is 5.75 Å². The zero-order valence-corrected chi connectivity index (χ0v) is 18.0. The third kappa shape index (κ3) is 3.34. The van der Waals surface area contributed by atoms with E-state index in [0.717, 1.165) is 25.5 Å². The number of carbonyl (C=O) groups is 1. The predicted molar refractivity (Wildman–Crippen MR) is 126 cm³/mol. The summed E-state index contributed by atoms with van der Waals surface area (Å²) in [5, 5.41) is 15.9. The first-order valence-electron chi connectivity index (χ1n) is 9.28. The van der Waals surface area contributed by atoms with E-state index in [4.69, 9.17) is 0 Å². The molecule has 1 heterocycles.